The molecule has 0 radical (unpaired) electrons. The van der Waals surface area contributed by atoms with Gasteiger partial charge in [-0.05, 0) is 12.0 Å². The zero-order chi connectivity index (χ0) is 9.23. The zero-order valence-corrected chi connectivity index (χ0v) is 7.75. The topological polar surface area (TPSA) is 23.8 Å². The number of nitrogens with zero attached hydrogens (tertiary/aromatic N) is 1. The number of rotatable bonds is 2. The van der Waals surface area contributed by atoms with Gasteiger partial charge in [-0.1, -0.05) is 44.2 Å². The largest absolute Gasteiger partial charge is 0.198 e. The first-order valence-corrected chi connectivity index (χ1v) is 4.34. The average molecular weight is 161 g/mol. The van der Waals surface area contributed by atoms with E-state index in [4.69, 9.17) is 5.26 Å². The fourth-order valence-corrected chi connectivity index (χ4v) is 0.845. The van der Waals surface area contributed by atoms with E-state index < -0.39 is 0 Å². The lowest BCUT2D eigenvalue weighted by Gasteiger charge is -1.92. The molecule has 64 valence electrons. The van der Waals surface area contributed by atoms with Gasteiger partial charge in [-0.25, -0.2) is 0 Å². The van der Waals surface area contributed by atoms with E-state index in [0.717, 1.165) is 6.42 Å². The zero-order valence-electron chi connectivity index (χ0n) is 7.75. The molecular formula is C11H15N. The number of aryl methyl sites for hydroxylation is 1. The van der Waals surface area contributed by atoms with Crippen LogP contribution in [0.25, 0.3) is 0 Å². The predicted octanol–water partition coefficient (Wildman–Crippen LogP) is 3.17. The molecule has 0 saturated carbocycles. The number of benzene rings is 1. The molecule has 1 aromatic carbocycles. The van der Waals surface area contributed by atoms with Crippen LogP contribution in [0.4, 0.5) is 0 Å². The summed E-state index contributed by atoms with van der Waals surface area (Å²) in [7, 11) is 0. The van der Waals surface area contributed by atoms with Crippen LogP contribution in [0.5, 0.6) is 0 Å². The van der Waals surface area contributed by atoms with Crippen LogP contribution in [-0.4, -0.2) is 0 Å². The first-order valence-electron chi connectivity index (χ1n) is 4.34. The van der Waals surface area contributed by atoms with Gasteiger partial charge in [0.15, 0.2) is 0 Å². The molecule has 0 aromatic heterocycles. The molecule has 1 rings (SSSR count). The molecule has 0 aliphatic rings. The molecule has 1 aromatic rings. The van der Waals surface area contributed by atoms with Gasteiger partial charge in [-0.3, -0.25) is 0 Å². The van der Waals surface area contributed by atoms with Gasteiger partial charge in [-0.15, -0.1) is 0 Å². The summed E-state index contributed by atoms with van der Waals surface area (Å²) in [4.78, 5) is 0. The fourth-order valence-electron chi connectivity index (χ4n) is 0.845. The highest BCUT2D eigenvalue weighted by Crippen LogP contribution is 2.00. The highest BCUT2D eigenvalue weighted by atomic mass is 14.2. The summed E-state index contributed by atoms with van der Waals surface area (Å²) in [5, 5.41) is 8.28. The third kappa shape index (κ3) is 4.51. The first-order chi connectivity index (χ1) is 5.93. The highest BCUT2D eigenvalue weighted by Gasteiger charge is 1.87. The molecule has 0 saturated heterocycles. The quantitative estimate of drug-likeness (QED) is 0.653. The molecule has 0 amide bonds. The second-order valence-electron chi connectivity index (χ2n) is 2.14. The van der Waals surface area contributed by atoms with Gasteiger partial charge in [0.25, 0.3) is 0 Å². The maximum Gasteiger partial charge on any atom is 0.0625 e. The van der Waals surface area contributed by atoms with Crippen molar-refractivity contribution in [3.8, 4) is 6.07 Å². The summed E-state index contributed by atoms with van der Waals surface area (Å²) in [6.07, 6.45) is 1.49. The van der Waals surface area contributed by atoms with Gasteiger partial charge in [0, 0.05) is 6.42 Å². The molecule has 1 heteroatoms. The molecule has 0 bridgehead atoms. The van der Waals surface area contributed by atoms with Crippen molar-refractivity contribution in [3.05, 3.63) is 35.9 Å². The van der Waals surface area contributed by atoms with Gasteiger partial charge >= 0.3 is 0 Å². The summed E-state index contributed by atoms with van der Waals surface area (Å²) in [6, 6.07) is 12.2. The Labute approximate surface area is 74.7 Å². The lowest BCUT2D eigenvalue weighted by molar-refractivity contribution is 1.01. The number of hydrogen-bond acceptors (Lipinski definition) is 1. The van der Waals surface area contributed by atoms with Crippen LogP contribution in [0.1, 0.15) is 25.8 Å². The van der Waals surface area contributed by atoms with Crippen LogP contribution in [0.3, 0.4) is 0 Å². The van der Waals surface area contributed by atoms with Crippen LogP contribution in [0.15, 0.2) is 30.3 Å². The first kappa shape index (κ1) is 10.7. The molecule has 0 aliphatic carbocycles. The lowest BCUT2D eigenvalue weighted by Crippen LogP contribution is -1.80. The van der Waals surface area contributed by atoms with E-state index in [2.05, 4.69) is 6.07 Å². The Balaban J connectivity index is 0.000000561. The Morgan fingerprint density at radius 1 is 1.17 bits per heavy atom. The van der Waals surface area contributed by atoms with Crippen molar-refractivity contribution in [1.29, 1.82) is 5.26 Å². The summed E-state index contributed by atoms with van der Waals surface area (Å²) in [5.74, 6) is 0. The SMILES string of the molecule is CC.N#CCCc1ccccc1. The minimum Gasteiger partial charge on any atom is -0.198 e. The van der Waals surface area contributed by atoms with E-state index in [1.54, 1.807) is 0 Å². The maximum absolute atomic E-state index is 8.28. The van der Waals surface area contributed by atoms with Gasteiger partial charge in [0.2, 0.25) is 0 Å². The molecule has 0 heterocycles. The van der Waals surface area contributed by atoms with Crippen molar-refractivity contribution in [1.82, 2.24) is 0 Å². The Kier molecular flexibility index (Phi) is 6.97. The molecule has 0 spiro atoms. The minimum absolute atomic E-state index is 0.615. The van der Waals surface area contributed by atoms with E-state index in [0.29, 0.717) is 6.42 Å². The highest BCUT2D eigenvalue weighted by molar-refractivity contribution is 5.15. The van der Waals surface area contributed by atoms with Crippen LogP contribution >= 0.6 is 0 Å². The van der Waals surface area contributed by atoms with Crippen molar-refractivity contribution in [2.45, 2.75) is 26.7 Å². The Hall–Kier alpha value is -1.29. The molecule has 12 heavy (non-hydrogen) atoms. The maximum atomic E-state index is 8.28. The molecule has 0 fully saturated rings. The van der Waals surface area contributed by atoms with Gasteiger partial charge in [-0.2, -0.15) is 5.26 Å². The second-order valence-corrected chi connectivity index (χ2v) is 2.14. The summed E-state index contributed by atoms with van der Waals surface area (Å²) in [5.41, 5.74) is 1.24. The van der Waals surface area contributed by atoms with Crippen LogP contribution in [0.2, 0.25) is 0 Å². The normalized spacial score (nSPS) is 7.75. The Morgan fingerprint density at radius 2 is 1.75 bits per heavy atom. The lowest BCUT2D eigenvalue weighted by atomic mass is 10.1. The molecule has 0 unspecified atom stereocenters. The summed E-state index contributed by atoms with van der Waals surface area (Å²) < 4.78 is 0. The standard InChI is InChI=1S/C9H9N.C2H6/c10-8-4-7-9-5-2-1-3-6-9;1-2/h1-3,5-6H,4,7H2;1-2H3. The fraction of sp³-hybridized carbons (Fsp3) is 0.364. The molecule has 0 atom stereocenters. The van der Waals surface area contributed by atoms with E-state index in [1.807, 2.05) is 44.2 Å². The Morgan fingerprint density at radius 3 is 2.25 bits per heavy atom. The predicted molar refractivity (Wildman–Crippen MR) is 51.7 cm³/mol. The van der Waals surface area contributed by atoms with Gasteiger partial charge in [0.05, 0.1) is 6.07 Å². The van der Waals surface area contributed by atoms with Crippen LogP contribution in [-0.2, 0) is 6.42 Å². The van der Waals surface area contributed by atoms with E-state index in [-0.39, 0.29) is 0 Å². The molecular weight excluding hydrogens is 146 g/mol. The van der Waals surface area contributed by atoms with Gasteiger partial charge < -0.3 is 0 Å². The molecule has 0 N–H and O–H groups in total. The van der Waals surface area contributed by atoms with Crippen molar-refractivity contribution >= 4 is 0 Å². The number of hydrogen-bond donors (Lipinski definition) is 0. The smallest absolute Gasteiger partial charge is 0.0625 e. The van der Waals surface area contributed by atoms with Crippen LogP contribution in [0, 0.1) is 11.3 Å². The number of nitriles is 1. The monoisotopic (exact) mass is 161 g/mol. The summed E-state index contributed by atoms with van der Waals surface area (Å²) >= 11 is 0. The van der Waals surface area contributed by atoms with E-state index in [1.165, 1.54) is 5.56 Å². The van der Waals surface area contributed by atoms with Crippen molar-refractivity contribution in [2.75, 3.05) is 0 Å². The Bertz CT molecular complexity index is 221. The third-order valence-electron chi connectivity index (χ3n) is 1.37. The van der Waals surface area contributed by atoms with Gasteiger partial charge in [0.1, 0.15) is 0 Å². The van der Waals surface area contributed by atoms with Crippen molar-refractivity contribution < 1.29 is 0 Å². The van der Waals surface area contributed by atoms with Crippen molar-refractivity contribution in [2.24, 2.45) is 0 Å². The molecule has 1 nitrogen and oxygen atoms in total. The summed E-state index contributed by atoms with van der Waals surface area (Å²) in [6.45, 7) is 4.00. The third-order valence-corrected chi connectivity index (χ3v) is 1.37. The molecule has 0 aliphatic heterocycles. The average Bonchev–Trinajstić information content (AvgIpc) is 2.19. The van der Waals surface area contributed by atoms with E-state index >= 15 is 0 Å². The minimum atomic E-state index is 0.615. The van der Waals surface area contributed by atoms with Crippen LogP contribution < -0.4 is 0 Å². The van der Waals surface area contributed by atoms with Crippen molar-refractivity contribution in [3.63, 3.8) is 0 Å². The van der Waals surface area contributed by atoms with E-state index in [9.17, 15) is 0 Å². The second kappa shape index (κ2) is 7.81.